The number of rotatable bonds is 8. The van der Waals surface area contributed by atoms with Crippen molar-refractivity contribution >= 4 is 52.3 Å². The first kappa shape index (κ1) is 26.4. The predicted octanol–water partition coefficient (Wildman–Crippen LogP) is 4.20. The zero-order valence-electron chi connectivity index (χ0n) is 18.8. The predicted molar refractivity (Wildman–Crippen MR) is 131 cm³/mol. The van der Waals surface area contributed by atoms with Gasteiger partial charge in [0.15, 0.2) is 5.82 Å². The molecule has 1 aromatic carbocycles. The Morgan fingerprint density at radius 2 is 1.86 bits per heavy atom. The van der Waals surface area contributed by atoms with Crippen molar-refractivity contribution in [3.63, 3.8) is 0 Å². The zero-order chi connectivity index (χ0) is 26.7. The van der Waals surface area contributed by atoms with Crippen LogP contribution < -0.4 is 10.6 Å². The lowest BCUT2D eigenvalue weighted by atomic mass is 10.1. The van der Waals surface area contributed by atoms with Gasteiger partial charge in [-0.3, -0.25) is 9.59 Å². The van der Waals surface area contributed by atoms with Crippen molar-refractivity contribution < 1.29 is 18.4 Å². The highest BCUT2D eigenvalue weighted by atomic mass is 35.5. The first-order valence-corrected chi connectivity index (χ1v) is 11.7. The van der Waals surface area contributed by atoms with Gasteiger partial charge in [0.2, 0.25) is 5.82 Å². The van der Waals surface area contributed by atoms with E-state index in [0.717, 1.165) is 9.48 Å². The third kappa shape index (κ3) is 5.84. The molecule has 0 saturated heterocycles. The molecule has 37 heavy (non-hydrogen) atoms. The van der Waals surface area contributed by atoms with Gasteiger partial charge < -0.3 is 10.6 Å². The van der Waals surface area contributed by atoms with E-state index in [1.165, 1.54) is 24.4 Å². The van der Waals surface area contributed by atoms with Gasteiger partial charge in [0.05, 0.1) is 27.0 Å². The van der Waals surface area contributed by atoms with Crippen molar-refractivity contribution in [1.82, 2.24) is 40.3 Å². The molecule has 0 fully saturated rings. The maximum Gasteiger partial charge on any atom is 0.301 e. The molecule has 3 aromatic heterocycles. The summed E-state index contributed by atoms with van der Waals surface area (Å²) in [5.74, 6) is -1.86. The molecule has 3 heterocycles. The van der Waals surface area contributed by atoms with Gasteiger partial charge in [0, 0.05) is 17.8 Å². The maximum absolute atomic E-state index is 13.4. The van der Waals surface area contributed by atoms with Crippen molar-refractivity contribution in [2.45, 2.75) is 19.9 Å². The highest BCUT2D eigenvalue weighted by molar-refractivity contribution is 6.38. The largest absolute Gasteiger partial charge is 0.352 e. The molecule has 4 rings (SSSR count). The van der Waals surface area contributed by atoms with Crippen LogP contribution in [0.5, 0.6) is 0 Å². The number of halogens is 5. The van der Waals surface area contributed by atoms with Crippen LogP contribution in [0, 0.1) is 0 Å². The molecule has 0 spiro atoms. The Hall–Kier alpha value is -3.68. The number of alkyl halides is 2. The topological polar surface area (TPSA) is 133 Å². The fourth-order valence-corrected chi connectivity index (χ4v) is 3.97. The number of nitrogens with one attached hydrogen (secondary N) is 2. The average molecular weight is 571 g/mol. The molecular formula is C21H16Cl3F2N9O2. The van der Waals surface area contributed by atoms with Gasteiger partial charge in [-0.2, -0.15) is 9.90 Å². The second-order valence-electron chi connectivity index (χ2n) is 7.34. The first-order valence-electron chi connectivity index (χ1n) is 10.5. The lowest BCUT2D eigenvalue weighted by Gasteiger charge is -2.14. The normalized spacial score (nSPS) is 11.1. The number of aromatic nitrogens is 7. The van der Waals surface area contributed by atoms with Crippen molar-refractivity contribution in [3.8, 4) is 5.82 Å². The standard InChI is InChI=1S/C21H16Cl3F2N9O2/c1-2-27-20(36)12-6-10(22)7-14(24)16(12)29-21(37)15-8-11(9-34-32-18(17(25)26)30-33-34)31-35(15)19-13(23)4-3-5-28-19/h3-8,17H,2,9H2,1H3,(H,27,36)(H,29,37). The smallest absolute Gasteiger partial charge is 0.301 e. The summed E-state index contributed by atoms with van der Waals surface area (Å²) in [6.07, 6.45) is -1.45. The van der Waals surface area contributed by atoms with E-state index in [0.29, 0.717) is 6.54 Å². The molecule has 0 radical (unpaired) electrons. The Morgan fingerprint density at radius 1 is 1.08 bits per heavy atom. The molecule has 0 unspecified atom stereocenters. The molecule has 0 bridgehead atoms. The first-order chi connectivity index (χ1) is 17.7. The van der Waals surface area contributed by atoms with Crippen LogP contribution in [-0.4, -0.2) is 53.3 Å². The molecule has 2 amide bonds. The minimum Gasteiger partial charge on any atom is -0.352 e. The van der Waals surface area contributed by atoms with E-state index in [2.05, 4.69) is 36.1 Å². The third-order valence-electron chi connectivity index (χ3n) is 4.77. The number of anilines is 1. The summed E-state index contributed by atoms with van der Waals surface area (Å²) in [6.45, 7) is 1.87. The number of hydrogen-bond donors (Lipinski definition) is 2. The van der Waals surface area contributed by atoms with Crippen LogP contribution in [0.4, 0.5) is 14.5 Å². The number of hydrogen-bond acceptors (Lipinski definition) is 7. The molecular weight excluding hydrogens is 555 g/mol. The van der Waals surface area contributed by atoms with Crippen molar-refractivity contribution in [2.75, 3.05) is 11.9 Å². The summed E-state index contributed by atoms with van der Waals surface area (Å²) in [6, 6.07) is 7.23. The summed E-state index contributed by atoms with van der Waals surface area (Å²) in [4.78, 5) is 31.1. The van der Waals surface area contributed by atoms with E-state index in [9.17, 15) is 18.4 Å². The van der Waals surface area contributed by atoms with Crippen LogP contribution in [-0.2, 0) is 6.54 Å². The quantitative estimate of drug-likeness (QED) is 0.324. The fraction of sp³-hybridized carbons (Fsp3) is 0.190. The van der Waals surface area contributed by atoms with Gasteiger partial charge in [-0.05, 0) is 42.5 Å². The molecule has 0 aliphatic rings. The van der Waals surface area contributed by atoms with E-state index in [1.54, 1.807) is 19.1 Å². The molecule has 0 aliphatic heterocycles. The highest BCUT2D eigenvalue weighted by Gasteiger charge is 2.24. The van der Waals surface area contributed by atoms with Crippen molar-refractivity contribution in [3.05, 3.63) is 74.4 Å². The summed E-state index contributed by atoms with van der Waals surface area (Å²) < 4.78 is 26.8. The molecule has 2 N–H and O–H groups in total. The van der Waals surface area contributed by atoms with Gasteiger partial charge in [0.1, 0.15) is 12.2 Å². The second-order valence-corrected chi connectivity index (χ2v) is 8.59. The number of benzene rings is 1. The Kier molecular flexibility index (Phi) is 7.95. The van der Waals surface area contributed by atoms with E-state index in [-0.39, 0.29) is 50.1 Å². The fourth-order valence-electron chi connectivity index (χ4n) is 3.23. The molecule has 11 nitrogen and oxygen atoms in total. The van der Waals surface area contributed by atoms with Crippen LogP contribution in [0.15, 0.2) is 36.5 Å². The van der Waals surface area contributed by atoms with E-state index < -0.39 is 24.1 Å². The lowest BCUT2D eigenvalue weighted by Crippen LogP contribution is -2.25. The van der Waals surface area contributed by atoms with E-state index >= 15 is 0 Å². The van der Waals surface area contributed by atoms with Crippen LogP contribution in [0.2, 0.25) is 15.1 Å². The van der Waals surface area contributed by atoms with Crippen LogP contribution in [0.1, 0.15) is 45.7 Å². The van der Waals surface area contributed by atoms with Gasteiger partial charge >= 0.3 is 6.43 Å². The van der Waals surface area contributed by atoms with Crippen molar-refractivity contribution in [1.29, 1.82) is 0 Å². The number of amides is 2. The summed E-state index contributed by atoms with van der Waals surface area (Å²) in [5, 5.41) is 20.4. The molecule has 0 saturated carbocycles. The number of nitrogens with zero attached hydrogens (tertiary/aromatic N) is 7. The molecule has 0 aliphatic carbocycles. The minimum atomic E-state index is -2.90. The maximum atomic E-state index is 13.4. The Balaban J connectivity index is 1.74. The SMILES string of the molecule is CCNC(=O)c1cc(Cl)cc(Cl)c1NC(=O)c1cc(Cn2nnc(C(F)F)n2)nn1-c1ncccc1Cl. The molecule has 192 valence electrons. The zero-order valence-corrected chi connectivity index (χ0v) is 21.1. The second kappa shape index (κ2) is 11.2. The third-order valence-corrected chi connectivity index (χ3v) is 5.59. The minimum absolute atomic E-state index is 0.0166. The number of carbonyl (C=O) groups is 2. The summed E-state index contributed by atoms with van der Waals surface area (Å²) >= 11 is 18.7. The van der Waals surface area contributed by atoms with Crippen LogP contribution in [0.25, 0.3) is 5.82 Å². The summed E-state index contributed by atoms with van der Waals surface area (Å²) in [7, 11) is 0. The molecule has 16 heteroatoms. The van der Waals surface area contributed by atoms with E-state index in [1.807, 2.05) is 0 Å². The molecule has 4 aromatic rings. The Bertz CT molecular complexity index is 1480. The number of pyridine rings is 1. The van der Waals surface area contributed by atoms with E-state index in [4.69, 9.17) is 34.8 Å². The number of carbonyl (C=O) groups excluding carboxylic acids is 2. The van der Waals surface area contributed by atoms with Gasteiger partial charge in [-0.15, -0.1) is 10.2 Å². The summed E-state index contributed by atoms with van der Waals surface area (Å²) in [5.41, 5.74) is 0.207. The Labute approximate surface area is 222 Å². The number of tetrazole rings is 1. The lowest BCUT2D eigenvalue weighted by molar-refractivity contribution is 0.0956. The van der Waals surface area contributed by atoms with Gasteiger partial charge in [-0.25, -0.2) is 18.4 Å². The van der Waals surface area contributed by atoms with Gasteiger partial charge in [-0.1, -0.05) is 34.8 Å². The highest BCUT2D eigenvalue weighted by Crippen LogP contribution is 2.31. The molecule has 0 atom stereocenters. The average Bonchev–Trinajstić information content (AvgIpc) is 3.49. The van der Waals surface area contributed by atoms with Crippen molar-refractivity contribution in [2.24, 2.45) is 0 Å². The Morgan fingerprint density at radius 3 is 2.54 bits per heavy atom. The van der Waals surface area contributed by atoms with Crippen LogP contribution in [0.3, 0.4) is 0 Å². The monoisotopic (exact) mass is 569 g/mol. The van der Waals surface area contributed by atoms with Crippen LogP contribution >= 0.6 is 34.8 Å². The van der Waals surface area contributed by atoms with Gasteiger partial charge in [0.25, 0.3) is 11.8 Å².